The van der Waals surface area contributed by atoms with Crippen LogP contribution in [0.15, 0.2) is 164 Å². The number of carbonyl (C=O) groups excluding carboxylic acids is 3. The number of amides is 3. The number of likely N-dealkylation sites (tertiary alicyclic amines) is 6. The van der Waals surface area contributed by atoms with Crippen LogP contribution in [0, 0.1) is 23.7 Å². The summed E-state index contributed by atoms with van der Waals surface area (Å²) in [5.41, 5.74) is 8.20. The number of benzene rings is 6. The highest BCUT2D eigenvalue weighted by molar-refractivity contribution is 7.88. The van der Waals surface area contributed by atoms with Gasteiger partial charge in [0.15, 0.2) is 0 Å². The number of piperidine rings is 6. The molecule has 0 saturated carbocycles. The highest BCUT2D eigenvalue weighted by atomic mass is 35.5. The second-order valence-electron chi connectivity index (χ2n) is 30.2. The van der Waals surface area contributed by atoms with Crippen LogP contribution >= 0.6 is 69.6 Å². The molecule has 0 aliphatic carbocycles. The molecule has 17 nitrogen and oxygen atoms in total. The molecule has 3 amide bonds. The van der Waals surface area contributed by atoms with Crippen molar-refractivity contribution in [2.75, 3.05) is 106 Å². The van der Waals surface area contributed by atoms with Gasteiger partial charge in [0.1, 0.15) is 0 Å². The standard InChI is InChI=1S/C29H34Cl2N4O3S.2C28H31Cl2N3O2.H2/c1-39(37,38)33-18-24-19-35(12-8-21(24)15-20-4-6-26(30)27(31)16-20)25-9-13-34(14-10-25)29(36)23-5-7-28-22(17-23)3-2-11-32-28;1-35-26-18-33(13-9-21(26)16-19-7-8-24(29)25(30)17-19)22-10-14-32(15-11-22)28(34)23-6-2-4-20-5-3-12-31-27(20)23;1-35-27-18-33(13-9-20(27)16-19-6-7-24(29)25(30)17-19)21-10-14-32(15-11-21)28(34)23-8-12-31-26-5-3-2-4-22(23)26;/h2-7,11,16-17,21,24-25,33H,8-10,12-15,18-19H2,1H3;2-8,12,17,21-22,26H,9-11,13-16,18H2,1H3;2-8,12,17,20-21,27H,9-11,13-16,18H2,1H3;1H/t21-,24-;21-,26-;20-,27-;/m111./s1. The summed E-state index contributed by atoms with van der Waals surface area (Å²) in [6.45, 7) is 10.7. The summed E-state index contributed by atoms with van der Waals surface area (Å²) < 4.78 is 38.4. The van der Waals surface area contributed by atoms with Gasteiger partial charge in [-0.15, -0.1) is 0 Å². The Kier molecular flexibility index (Phi) is 27.6. The molecule has 6 aliphatic heterocycles. The molecule has 24 heteroatoms. The number of hydrogen-bond acceptors (Lipinski definition) is 13. The van der Waals surface area contributed by atoms with E-state index in [1.54, 1.807) is 18.6 Å². The van der Waals surface area contributed by atoms with Gasteiger partial charge >= 0.3 is 0 Å². The topological polar surface area (TPSA) is 174 Å². The molecular weight excluding hydrogens is 1520 g/mol. The lowest BCUT2D eigenvalue weighted by atomic mass is 9.80. The maximum Gasteiger partial charge on any atom is 0.256 e. The number of ether oxygens (including phenoxy) is 2. The zero-order valence-corrected chi connectivity index (χ0v) is 67.4. The van der Waals surface area contributed by atoms with Gasteiger partial charge in [-0.05, 0) is 222 Å². The lowest BCUT2D eigenvalue weighted by Gasteiger charge is -2.45. The summed E-state index contributed by atoms with van der Waals surface area (Å²) in [6.07, 6.45) is 18.4. The molecule has 1 N–H and O–H groups in total. The van der Waals surface area contributed by atoms with Crippen LogP contribution in [-0.2, 0) is 38.8 Å². The van der Waals surface area contributed by atoms with Crippen molar-refractivity contribution in [3.8, 4) is 0 Å². The largest absolute Gasteiger partial charge is 0.380 e. The lowest BCUT2D eigenvalue weighted by molar-refractivity contribution is -0.0325. The number of hydrogen-bond donors (Lipinski definition) is 1. The van der Waals surface area contributed by atoms with Crippen molar-refractivity contribution in [2.24, 2.45) is 23.7 Å². The van der Waals surface area contributed by atoms with E-state index in [1.165, 1.54) is 17.4 Å². The third-order valence-electron chi connectivity index (χ3n) is 23.4. The zero-order chi connectivity index (χ0) is 76.3. The first-order valence-corrected chi connectivity index (χ1v) is 42.3. The van der Waals surface area contributed by atoms with Crippen molar-refractivity contribution in [3.05, 3.63) is 228 Å². The van der Waals surface area contributed by atoms with Crippen LogP contribution in [0.25, 0.3) is 32.7 Å². The van der Waals surface area contributed by atoms with Crippen LogP contribution in [0.3, 0.4) is 0 Å². The maximum atomic E-state index is 13.3. The van der Waals surface area contributed by atoms with E-state index >= 15 is 0 Å². The van der Waals surface area contributed by atoms with Crippen molar-refractivity contribution in [3.63, 3.8) is 0 Å². The average molecular weight is 1620 g/mol. The first-order chi connectivity index (χ1) is 52.7. The predicted molar refractivity (Wildman–Crippen MR) is 442 cm³/mol. The van der Waals surface area contributed by atoms with E-state index in [1.807, 2.05) is 162 Å². The van der Waals surface area contributed by atoms with E-state index in [9.17, 15) is 22.8 Å². The molecule has 0 spiro atoms. The fourth-order valence-corrected chi connectivity index (χ4v) is 18.8. The Labute approximate surface area is 672 Å². The molecular formula is C85H98Cl6N10O7S. The van der Waals surface area contributed by atoms with Gasteiger partial charge in [0.2, 0.25) is 10.0 Å². The Morgan fingerprint density at radius 2 is 0.890 bits per heavy atom. The minimum atomic E-state index is -3.29. The van der Waals surface area contributed by atoms with Crippen molar-refractivity contribution >= 4 is 130 Å². The first-order valence-electron chi connectivity index (χ1n) is 38.2. The van der Waals surface area contributed by atoms with Crippen molar-refractivity contribution in [2.45, 2.75) is 107 Å². The minimum Gasteiger partial charge on any atom is -0.380 e. The summed E-state index contributed by atoms with van der Waals surface area (Å²) in [5.74, 6) is 1.67. The fraction of sp³-hybridized carbons (Fsp3) is 0.435. The number of sulfonamides is 1. The molecule has 9 heterocycles. The third-order valence-corrected chi connectivity index (χ3v) is 26.3. The molecule has 6 atom stereocenters. The average Bonchev–Trinajstić information content (AvgIpc) is 0.806. The molecule has 6 saturated heterocycles. The molecule has 0 bridgehead atoms. The first kappa shape index (κ1) is 80.5. The summed E-state index contributed by atoms with van der Waals surface area (Å²) in [7, 11) is 0.344. The normalized spacial score (nSPS) is 21.8. The van der Waals surface area contributed by atoms with Gasteiger partial charge < -0.3 is 24.2 Å². The van der Waals surface area contributed by atoms with Gasteiger partial charge in [0, 0.05) is 140 Å². The van der Waals surface area contributed by atoms with Crippen LogP contribution in [0.5, 0.6) is 0 Å². The third kappa shape index (κ3) is 20.4. The molecule has 109 heavy (non-hydrogen) atoms. The number of para-hydroxylation sites is 2. The zero-order valence-electron chi connectivity index (χ0n) is 62.0. The Balaban J connectivity index is 0.000000153. The van der Waals surface area contributed by atoms with Crippen LogP contribution in [0.1, 0.15) is 107 Å². The molecule has 15 rings (SSSR count). The van der Waals surface area contributed by atoms with Gasteiger partial charge in [0.25, 0.3) is 17.7 Å². The number of rotatable bonds is 17. The Morgan fingerprint density at radius 1 is 0.431 bits per heavy atom. The van der Waals surface area contributed by atoms with Gasteiger partial charge in [-0.25, -0.2) is 13.1 Å². The van der Waals surface area contributed by atoms with E-state index in [0.717, 1.165) is 186 Å². The van der Waals surface area contributed by atoms with E-state index in [-0.39, 0.29) is 37.3 Å². The van der Waals surface area contributed by atoms with Gasteiger partial charge in [-0.3, -0.25) is 44.0 Å². The molecule has 578 valence electrons. The fourth-order valence-electron chi connectivity index (χ4n) is 17.3. The quantitative estimate of drug-likeness (QED) is 0.0913. The number of carbonyl (C=O) groups is 3. The van der Waals surface area contributed by atoms with E-state index < -0.39 is 10.0 Å². The van der Waals surface area contributed by atoms with Crippen LogP contribution in [0.2, 0.25) is 30.1 Å². The Morgan fingerprint density at radius 3 is 1.41 bits per heavy atom. The van der Waals surface area contributed by atoms with E-state index in [2.05, 4.69) is 46.5 Å². The summed E-state index contributed by atoms with van der Waals surface area (Å²) >= 11 is 37.0. The van der Waals surface area contributed by atoms with Crippen LogP contribution in [0.4, 0.5) is 0 Å². The molecule has 6 aliphatic rings. The van der Waals surface area contributed by atoms with Crippen LogP contribution < -0.4 is 4.72 Å². The predicted octanol–water partition coefficient (Wildman–Crippen LogP) is 16.6. The van der Waals surface area contributed by atoms with Gasteiger partial charge in [-0.1, -0.05) is 130 Å². The van der Waals surface area contributed by atoms with Gasteiger partial charge in [-0.2, -0.15) is 0 Å². The maximum absolute atomic E-state index is 13.3. The number of aromatic nitrogens is 3. The highest BCUT2D eigenvalue weighted by Gasteiger charge is 2.39. The monoisotopic (exact) mass is 1610 g/mol. The van der Waals surface area contributed by atoms with E-state index in [4.69, 9.17) is 79.1 Å². The van der Waals surface area contributed by atoms with Crippen molar-refractivity contribution < 1.29 is 33.7 Å². The second kappa shape index (κ2) is 37.4. The Bertz CT molecular complexity index is 4580. The number of halogens is 6. The number of nitrogens with one attached hydrogen (secondary N) is 1. The highest BCUT2D eigenvalue weighted by Crippen LogP contribution is 2.37. The van der Waals surface area contributed by atoms with Crippen LogP contribution in [-0.4, -0.2) is 206 Å². The molecule has 9 aromatic rings. The van der Waals surface area contributed by atoms with Crippen molar-refractivity contribution in [1.29, 1.82) is 0 Å². The summed E-state index contributed by atoms with van der Waals surface area (Å²) in [4.78, 5) is 66.6. The number of nitrogens with zero attached hydrogens (tertiary/aromatic N) is 9. The second-order valence-corrected chi connectivity index (χ2v) is 34.4. The molecule has 3 aromatic heterocycles. The Hall–Kier alpha value is -6.59. The SMILES string of the molecule is CO[C@@H]1CN(C2CCN(C(=O)c3cccc4cccnc34)CC2)CC[C@@H]1Cc1ccc(Cl)c(Cl)c1.CO[C@@H]1CN(C2CCN(C(=O)c3ccnc4ccccc34)CC2)CC[C@@H]1Cc1ccc(Cl)c(Cl)c1.CS(=O)(=O)NC[C@@H]1CN(C2CCN(C(=O)c3ccc4ncccc4c3)CC2)CC[C@@H]1Cc1ccc(Cl)c(Cl)c1.[HH]. The van der Waals surface area contributed by atoms with E-state index in [0.29, 0.717) is 96.8 Å². The molecule has 6 aromatic carbocycles. The molecule has 0 unspecified atom stereocenters. The molecule has 6 fully saturated rings. The lowest BCUT2D eigenvalue weighted by Crippen LogP contribution is -2.53. The minimum absolute atomic E-state index is 0. The summed E-state index contributed by atoms with van der Waals surface area (Å²) in [5, 5.41) is 6.37. The summed E-state index contributed by atoms with van der Waals surface area (Å²) in [6, 6.07) is 47.9. The van der Waals surface area contributed by atoms with Gasteiger partial charge in [0.05, 0.1) is 76.3 Å². The number of fused-ring (bicyclic) bond motifs is 3. The number of pyridine rings is 3. The van der Waals surface area contributed by atoms with Crippen molar-refractivity contribution in [1.82, 2.24) is 49.1 Å². The number of methoxy groups -OCH3 is 2. The molecule has 0 radical (unpaired) electrons. The smallest absolute Gasteiger partial charge is 0.256 e.